The summed E-state index contributed by atoms with van der Waals surface area (Å²) in [5.41, 5.74) is 0. The highest BCUT2D eigenvalue weighted by Gasteiger charge is 2.09. The van der Waals surface area contributed by atoms with Crippen LogP contribution < -0.4 is 5.11 Å². The van der Waals surface area contributed by atoms with Crippen LogP contribution in [-0.2, 0) is 15.7 Å². The van der Waals surface area contributed by atoms with Crippen LogP contribution in [0, 0.1) is 0 Å². The summed E-state index contributed by atoms with van der Waals surface area (Å²) in [6.45, 7) is 0. The van der Waals surface area contributed by atoms with E-state index in [1.54, 1.807) is 0 Å². The third-order valence-corrected chi connectivity index (χ3v) is 2.12. The smallest absolute Gasteiger partial charge is 0.110 e. The zero-order valence-corrected chi connectivity index (χ0v) is 6.98. The number of hydrogen-bond acceptors (Lipinski definition) is 3. The van der Waals surface area contributed by atoms with Crippen molar-refractivity contribution in [3.63, 3.8) is 0 Å². The van der Waals surface area contributed by atoms with Gasteiger partial charge in [0.1, 0.15) is 5.75 Å². The van der Waals surface area contributed by atoms with Crippen LogP contribution in [0.5, 0.6) is 0 Å². The number of aliphatic hydroxyl groups is 1. The molecule has 0 radical (unpaired) electrons. The molecule has 3 nitrogen and oxygen atoms in total. The summed E-state index contributed by atoms with van der Waals surface area (Å²) in [4.78, 5) is 9.95. The van der Waals surface area contributed by atoms with Crippen molar-refractivity contribution in [2.45, 2.75) is 12.5 Å². The fraction of sp³-hybridized carbons (Fsp3) is 0.833. The lowest BCUT2D eigenvalue weighted by molar-refractivity contribution is -0.315. The Balaban J connectivity index is 3.40. The maximum Gasteiger partial charge on any atom is 0.110 e. The molecule has 1 N–H and O–H groups in total. The summed E-state index contributed by atoms with van der Waals surface area (Å²) in [7, 11) is 0.196. The number of carboxylic acids is 1. The summed E-state index contributed by atoms with van der Waals surface area (Å²) in [6.07, 6.45) is 3.03. The molecule has 0 saturated heterocycles. The minimum absolute atomic E-state index is 0.196. The van der Waals surface area contributed by atoms with E-state index in [4.69, 9.17) is 5.11 Å². The normalized spacial score (nSPS) is 13.6. The van der Waals surface area contributed by atoms with Gasteiger partial charge in [0.05, 0.1) is 24.6 Å². The first-order chi connectivity index (χ1) is 4.54. The molecule has 0 aromatic heterocycles. The van der Waals surface area contributed by atoms with Crippen LogP contribution >= 0.6 is 0 Å². The highest BCUT2D eigenvalue weighted by molar-refractivity contribution is 7.95. The quantitative estimate of drug-likeness (QED) is 0.507. The molecule has 0 rings (SSSR count). The largest absolute Gasteiger partial charge is 0.547 e. The van der Waals surface area contributed by atoms with Crippen molar-refractivity contribution in [3.8, 4) is 0 Å². The van der Waals surface area contributed by atoms with E-state index < -0.39 is 12.1 Å². The molecule has 0 saturated carbocycles. The van der Waals surface area contributed by atoms with Crippen molar-refractivity contribution in [2.75, 3.05) is 18.3 Å². The molecule has 0 amide bonds. The van der Waals surface area contributed by atoms with Gasteiger partial charge in [0, 0.05) is 6.42 Å². The fourth-order valence-corrected chi connectivity index (χ4v) is 1.16. The molecular formula is C6H12O3S. The maximum atomic E-state index is 9.95. The van der Waals surface area contributed by atoms with E-state index in [-0.39, 0.29) is 10.9 Å². The molecule has 0 fully saturated rings. The molecule has 0 bridgehead atoms. The Bertz CT molecular complexity index is 114. The second-order valence-electron chi connectivity index (χ2n) is 2.31. The van der Waals surface area contributed by atoms with Gasteiger partial charge in [-0.05, 0) is 10.9 Å². The van der Waals surface area contributed by atoms with Crippen molar-refractivity contribution in [3.05, 3.63) is 0 Å². The van der Waals surface area contributed by atoms with Crippen molar-refractivity contribution in [1.82, 2.24) is 0 Å². The lowest BCUT2D eigenvalue weighted by Gasteiger charge is -2.08. The molecule has 0 aliphatic heterocycles. The molecule has 0 aliphatic rings. The Morgan fingerprint density at radius 1 is 1.70 bits per heavy atom. The monoisotopic (exact) mass is 164 g/mol. The second kappa shape index (κ2) is 4.57. The van der Waals surface area contributed by atoms with Gasteiger partial charge in [0.2, 0.25) is 0 Å². The third kappa shape index (κ3) is 4.64. The molecule has 4 heteroatoms. The minimum Gasteiger partial charge on any atom is -0.547 e. The number of carbonyl (C=O) groups is 1. The van der Waals surface area contributed by atoms with Crippen molar-refractivity contribution < 1.29 is 15.0 Å². The molecule has 0 aliphatic carbocycles. The molecule has 0 aromatic carbocycles. The van der Waals surface area contributed by atoms with Crippen LogP contribution in [0.25, 0.3) is 0 Å². The van der Waals surface area contributed by atoms with Gasteiger partial charge in [-0.1, -0.05) is 0 Å². The molecule has 10 heavy (non-hydrogen) atoms. The topological polar surface area (TPSA) is 60.4 Å². The highest BCUT2D eigenvalue weighted by Crippen LogP contribution is 1.94. The molecule has 0 heterocycles. The summed E-state index contributed by atoms with van der Waals surface area (Å²) < 4.78 is 0. The average molecular weight is 164 g/mol. The predicted molar refractivity (Wildman–Crippen MR) is 39.7 cm³/mol. The molecule has 1 unspecified atom stereocenters. The standard InChI is InChI=1S/C6H12O3S/c1-10(2)4-3-5(7)6(8)9/h5,7H,3-4H2,1-2H3. The van der Waals surface area contributed by atoms with Gasteiger partial charge in [-0.15, -0.1) is 0 Å². The maximum absolute atomic E-state index is 9.95. The Morgan fingerprint density at radius 2 is 2.20 bits per heavy atom. The molecule has 0 aromatic rings. The van der Waals surface area contributed by atoms with Crippen LogP contribution in [0.3, 0.4) is 0 Å². The SMILES string of the molecule is C[S+](C)CCC(O)C(=O)[O-]. The van der Waals surface area contributed by atoms with E-state index in [1.165, 1.54) is 0 Å². The van der Waals surface area contributed by atoms with E-state index in [9.17, 15) is 9.90 Å². The molecule has 1 atom stereocenters. The Kier molecular flexibility index (Phi) is 4.47. The van der Waals surface area contributed by atoms with Crippen LogP contribution in [-0.4, -0.2) is 35.4 Å². The zero-order valence-electron chi connectivity index (χ0n) is 6.16. The first-order valence-corrected chi connectivity index (χ1v) is 5.18. The predicted octanol–water partition coefficient (Wildman–Crippen LogP) is -1.63. The molecular weight excluding hydrogens is 152 g/mol. The van der Waals surface area contributed by atoms with E-state index >= 15 is 0 Å². The second-order valence-corrected chi connectivity index (χ2v) is 4.69. The van der Waals surface area contributed by atoms with Crippen LogP contribution in [0.4, 0.5) is 0 Å². The van der Waals surface area contributed by atoms with E-state index in [0.717, 1.165) is 5.75 Å². The highest BCUT2D eigenvalue weighted by atomic mass is 32.2. The average Bonchev–Trinajstić information content (AvgIpc) is 1.82. The van der Waals surface area contributed by atoms with Crippen LogP contribution in [0.1, 0.15) is 6.42 Å². The number of aliphatic carboxylic acids is 1. The Labute approximate surface area is 63.4 Å². The summed E-state index contributed by atoms with van der Waals surface area (Å²) >= 11 is 0. The lowest BCUT2D eigenvalue weighted by atomic mass is 10.3. The Morgan fingerprint density at radius 3 is 2.50 bits per heavy atom. The van der Waals surface area contributed by atoms with E-state index in [1.807, 2.05) is 12.5 Å². The van der Waals surface area contributed by atoms with Crippen LogP contribution in [0.2, 0.25) is 0 Å². The van der Waals surface area contributed by atoms with Gasteiger partial charge >= 0.3 is 0 Å². The van der Waals surface area contributed by atoms with Crippen molar-refractivity contribution in [2.24, 2.45) is 0 Å². The summed E-state index contributed by atoms with van der Waals surface area (Å²) in [5.74, 6) is -0.625. The lowest BCUT2D eigenvalue weighted by Crippen LogP contribution is -2.36. The number of rotatable bonds is 4. The van der Waals surface area contributed by atoms with E-state index in [2.05, 4.69) is 0 Å². The van der Waals surface area contributed by atoms with Crippen LogP contribution in [0.15, 0.2) is 0 Å². The summed E-state index contributed by atoms with van der Waals surface area (Å²) in [5, 5.41) is 18.7. The van der Waals surface area contributed by atoms with Gasteiger partial charge < -0.3 is 15.0 Å². The van der Waals surface area contributed by atoms with E-state index in [0.29, 0.717) is 6.42 Å². The van der Waals surface area contributed by atoms with Gasteiger partial charge in [0.15, 0.2) is 0 Å². The number of aliphatic hydroxyl groups excluding tert-OH is 1. The van der Waals surface area contributed by atoms with Gasteiger partial charge in [-0.2, -0.15) is 0 Å². The van der Waals surface area contributed by atoms with Crippen molar-refractivity contribution >= 4 is 16.9 Å². The fourth-order valence-electron chi connectivity index (χ4n) is 0.465. The first kappa shape index (κ1) is 9.78. The van der Waals surface area contributed by atoms with Crippen molar-refractivity contribution in [1.29, 1.82) is 0 Å². The number of carbonyl (C=O) groups excluding carboxylic acids is 1. The number of hydrogen-bond donors (Lipinski definition) is 1. The number of carboxylic acid groups (broad SMARTS) is 1. The van der Waals surface area contributed by atoms with Gasteiger partial charge in [-0.25, -0.2) is 0 Å². The Hall–Kier alpha value is -0.220. The zero-order chi connectivity index (χ0) is 8.15. The van der Waals surface area contributed by atoms with Gasteiger partial charge in [0.25, 0.3) is 0 Å². The molecule has 60 valence electrons. The third-order valence-electron chi connectivity index (χ3n) is 1.07. The first-order valence-electron chi connectivity index (χ1n) is 2.97. The minimum atomic E-state index is -1.37. The van der Waals surface area contributed by atoms with Gasteiger partial charge in [-0.3, -0.25) is 0 Å². The summed E-state index contributed by atoms with van der Waals surface area (Å²) in [6, 6.07) is 0. The molecule has 0 spiro atoms.